The fourth-order valence-electron chi connectivity index (χ4n) is 3.80. The third kappa shape index (κ3) is 13.6. The van der Waals surface area contributed by atoms with Gasteiger partial charge in [0, 0.05) is 13.0 Å². The molecule has 40 heavy (non-hydrogen) atoms. The van der Waals surface area contributed by atoms with E-state index in [1.165, 1.54) is 0 Å². The molecule has 0 heterocycles. The highest BCUT2D eigenvalue weighted by atomic mass is 16.4. The number of aliphatic carboxylic acids is 1. The second-order valence-corrected chi connectivity index (χ2v) is 9.90. The van der Waals surface area contributed by atoms with E-state index >= 15 is 0 Å². The number of rotatable bonds is 18. The zero-order chi connectivity index (χ0) is 30.2. The summed E-state index contributed by atoms with van der Waals surface area (Å²) in [5.74, 6) is -4.20. The number of aliphatic imine (C=N–C) groups is 1. The lowest BCUT2D eigenvalue weighted by Gasteiger charge is -2.25. The first-order valence-corrected chi connectivity index (χ1v) is 13.1. The van der Waals surface area contributed by atoms with Crippen molar-refractivity contribution in [1.29, 1.82) is 0 Å². The lowest BCUT2D eigenvalue weighted by Crippen LogP contribution is -2.57. The molecule has 1 aromatic rings. The fourth-order valence-corrected chi connectivity index (χ4v) is 3.80. The van der Waals surface area contributed by atoms with E-state index in [-0.39, 0.29) is 56.9 Å². The summed E-state index contributed by atoms with van der Waals surface area (Å²) in [7, 11) is 0. The molecule has 0 radical (unpaired) electrons. The van der Waals surface area contributed by atoms with Crippen LogP contribution in [-0.2, 0) is 30.4 Å². The average Bonchev–Trinajstić information content (AvgIpc) is 2.87. The maximum atomic E-state index is 13.2. The maximum Gasteiger partial charge on any atom is 0.326 e. The van der Waals surface area contributed by atoms with E-state index in [1.807, 2.05) is 19.9 Å². The van der Waals surface area contributed by atoms with Crippen molar-refractivity contribution in [2.75, 3.05) is 6.54 Å². The quantitative estimate of drug-likeness (QED) is 0.0585. The monoisotopic (exact) mass is 562 g/mol. The van der Waals surface area contributed by atoms with Crippen LogP contribution in [0.3, 0.4) is 0 Å². The average molecular weight is 563 g/mol. The van der Waals surface area contributed by atoms with E-state index in [4.69, 9.17) is 22.9 Å². The second kappa shape index (κ2) is 17.4. The van der Waals surface area contributed by atoms with Crippen molar-refractivity contribution in [3.63, 3.8) is 0 Å². The minimum absolute atomic E-state index is 0.0233. The smallest absolute Gasteiger partial charge is 0.326 e. The van der Waals surface area contributed by atoms with Gasteiger partial charge in [-0.2, -0.15) is 0 Å². The number of amides is 4. The molecule has 1 rings (SSSR count). The van der Waals surface area contributed by atoms with Crippen LogP contribution in [0.4, 0.5) is 0 Å². The Morgan fingerprint density at radius 1 is 0.850 bits per heavy atom. The number of nitrogens with two attached hydrogens (primary N) is 4. The van der Waals surface area contributed by atoms with E-state index in [2.05, 4.69) is 20.9 Å². The molecular weight excluding hydrogens is 520 g/mol. The van der Waals surface area contributed by atoms with Gasteiger partial charge in [-0.25, -0.2) is 4.79 Å². The zero-order valence-corrected chi connectivity index (χ0v) is 23.0. The largest absolute Gasteiger partial charge is 0.480 e. The van der Waals surface area contributed by atoms with Crippen LogP contribution in [0.2, 0.25) is 0 Å². The van der Waals surface area contributed by atoms with Gasteiger partial charge >= 0.3 is 5.97 Å². The van der Waals surface area contributed by atoms with Gasteiger partial charge in [0.15, 0.2) is 5.96 Å². The van der Waals surface area contributed by atoms with Crippen molar-refractivity contribution < 1.29 is 29.1 Å². The molecule has 0 aliphatic rings. The molecule has 0 aromatic heterocycles. The van der Waals surface area contributed by atoms with Crippen LogP contribution in [0.25, 0.3) is 0 Å². The number of carboxylic acids is 1. The minimum Gasteiger partial charge on any atom is -0.480 e. The highest BCUT2D eigenvalue weighted by Gasteiger charge is 2.30. The molecule has 14 nitrogen and oxygen atoms in total. The molecule has 0 fully saturated rings. The standard InChI is InChI=1S/C26H42N8O6/c1-15(2)13-20(25(39)40)34-23(37)18(9-6-12-31-26(29)30)33-24(38)19(10-11-21(28)35)32-22(36)17(27)14-16-7-4-3-5-8-16/h3-5,7-8,15,17-20H,6,9-14,27H2,1-2H3,(H2,28,35)(H,32,36)(H,33,38)(H,34,37)(H,39,40)(H4,29,30,31). The molecule has 12 N–H and O–H groups in total. The Bertz CT molecular complexity index is 1030. The number of nitrogens with zero attached hydrogens (tertiary/aromatic N) is 1. The number of carboxylic acid groups (broad SMARTS) is 1. The highest BCUT2D eigenvalue weighted by molar-refractivity contribution is 5.94. The lowest BCUT2D eigenvalue weighted by atomic mass is 10.0. The SMILES string of the molecule is CC(C)CC(NC(=O)C(CCCN=C(N)N)NC(=O)C(CCC(N)=O)NC(=O)C(N)Cc1ccccc1)C(=O)O. The third-order valence-corrected chi connectivity index (χ3v) is 5.85. The molecule has 14 heteroatoms. The molecule has 0 bridgehead atoms. The fraction of sp³-hybridized carbons (Fsp3) is 0.538. The van der Waals surface area contributed by atoms with E-state index in [0.717, 1.165) is 5.56 Å². The normalized spacial score (nSPS) is 13.8. The number of primary amides is 1. The number of carbonyl (C=O) groups excluding carboxylic acids is 4. The van der Waals surface area contributed by atoms with Crippen molar-refractivity contribution >= 4 is 35.6 Å². The molecule has 1 aromatic carbocycles. The summed E-state index contributed by atoms with van der Waals surface area (Å²) >= 11 is 0. The lowest BCUT2D eigenvalue weighted by molar-refractivity contribution is -0.142. The van der Waals surface area contributed by atoms with E-state index in [0.29, 0.717) is 0 Å². The Morgan fingerprint density at radius 2 is 1.40 bits per heavy atom. The molecule has 0 spiro atoms. The molecule has 0 saturated carbocycles. The van der Waals surface area contributed by atoms with E-state index in [9.17, 15) is 29.1 Å². The van der Waals surface area contributed by atoms with Crippen LogP contribution in [0.1, 0.15) is 51.5 Å². The van der Waals surface area contributed by atoms with Crippen molar-refractivity contribution in [3.8, 4) is 0 Å². The summed E-state index contributed by atoms with van der Waals surface area (Å²) < 4.78 is 0. The van der Waals surface area contributed by atoms with E-state index in [1.54, 1.807) is 24.3 Å². The summed E-state index contributed by atoms with van der Waals surface area (Å²) in [6, 6.07) is 4.46. The number of benzene rings is 1. The molecule has 0 saturated heterocycles. The predicted octanol–water partition coefficient (Wildman–Crippen LogP) is -1.54. The molecule has 4 amide bonds. The molecule has 0 aliphatic heterocycles. The molecule has 4 unspecified atom stereocenters. The van der Waals surface area contributed by atoms with Gasteiger partial charge in [0.25, 0.3) is 0 Å². The molecule has 0 aliphatic carbocycles. The maximum absolute atomic E-state index is 13.2. The van der Waals surface area contributed by atoms with Crippen LogP contribution >= 0.6 is 0 Å². The van der Waals surface area contributed by atoms with Crippen LogP contribution in [0.5, 0.6) is 0 Å². The molecule has 4 atom stereocenters. The van der Waals surface area contributed by atoms with Gasteiger partial charge < -0.3 is 44.0 Å². The van der Waals surface area contributed by atoms with E-state index < -0.39 is 53.8 Å². The third-order valence-electron chi connectivity index (χ3n) is 5.85. The number of nitrogens with one attached hydrogen (secondary N) is 3. The number of hydrogen-bond acceptors (Lipinski definition) is 7. The van der Waals surface area contributed by atoms with Gasteiger partial charge in [-0.15, -0.1) is 0 Å². The number of guanidine groups is 1. The summed E-state index contributed by atoms with van der Waals surface area (Å²) in [6.07, 6.45) is 0.359. The van der Waals surface area contributed by atoms with Crippen molar-refractivity contribution in [1.82, 2.24) is 16.0 Å². The first-order valence-electron chi connectivity index (χ1n) is 13.1. The highest BCUT2D eigenvalue weighted by Crippen LogP contribution is 2.09. The van der Waals surface area contributed by atoms with Gasteiger partial charge in [-0.3, -0.25) is 24.2 Å². The van der Waals surface area contributed by atoms with Crippen LogP contribution < -0.4 is 38.9 Å². The summed E-state index contributed by atoms with van der Waals surface area (Å²) in [5, 5.41) is 17.1. The Hall–Kier alpha value is -4.20. The summed E-state index contributed by atoms with van der Waals surface area (Å²) in [4.78, 5) is 66.1. The second-order valence-electron chi connectivity index (χ2n) is 9.90. The predicted molar refractivity (Wildman–Crippen MR) is 149 cm³/mol. The Labute approximate surface area is 233 Å². The van der Waals surface area contributed by atoms with Crippen molar-refractivity contribution in [2.24, 2.45) is 33.8 Å². The van der Waals surface area contributed by atoms with Gasteiger partial charge in [0.2, 0.25) is 23.6 Å². The van der Waals surface area contributed by atoms with Crippen LogP contribution in [0, 0.1) is 5.92 Å². The minimum atomic E-state index is -1.24. The van der Waals surface area contributed by atoms with Gasteiger partial charge in [-0.05, 0) is 43.6 Å². The number of carbonyl (C=O) groups is 5. The zero-order valence-electron chi connectivity index (χ0n) is 23.0. The Balaban J connectivity index is 3.06. The summed E-state index contributed by atoms with van der Waals surface area (Å²) in [5.41, 5.74) is 22.8. The van der Waals surface area contributed by atoms with Gasteiger partial charge in [0.05, 0.1) is 6.04 Å². The Morgan fingerprint density at radius 3 is 1.93 bits per heavy atom. The molecular formula is C26H42N8O6. The van der Waals surface area contributed by atoms with Crippen molar-refractivity contribution in [2.45, 2.75) is 76.5 Å². The molecule has 222 valence electrons. The first kappa shape index (κ1) is 33.8. The van der Waals surface area contributed by atoms with Crippen molar-refractivity contribution in [3.05, 3.63) is 35.9 Å². The first-order chi connectivity index (χ1) is 18.8. The van der Waals surface area contributed by atoms with Crippen LogP contribution in [-0.4, -0.2) is 71.4 Å². The number of hydrogen-bond donors (Lipinski definition) is 8. The Kier molecular flexibility index (Phi) is 14.7. The topological polar surface area (TPSA) is 258 Å². The van der Waals surface area contributed by atoms with Crippen LogP contribution in [0.15, 0.2) is 35.3 Å². The van der Waals surface area contributed by atoms with Gasteiger partial charge in [0.1, 0.15) is 18.1 Å². The van der Waals surface area contributed by atoms with Gasteiger partial charge in [-0.1, -0.05) is 44.2 Å². The summed E-state index contributed by atoms with van der Waals surface area (Å²) in [6.45, 7) is 3.78.